The summed E-state index contributed by atoms with van der Waals surface area (Å²) in [6, 6.07) is 7.30. The molecule has 0 unspecified atom stereocenters. The molecule has 0 bridgehead atoms. The van der Waals surface area contributed by atoms with E-state index in [1.807, 2.05) is 18.2 Å². The summed E-state index contributed by atoms with van der Waals surface area (Å²) in [7, 11) is 1.70. The van der Waals surface area contributed by atoms with Gasteiger partial charge in [-0.05, 0) is 22.0 Å². The Hall–Kier alpha value is -2.02. The first-order chi connectivity index (χ1) is 8.66. The lowest BCUT2D eigenvalue weighted by Crippen LogP contribution is -2.23. The lowest BCUT2D eigenvalue weighted by atomic mass is 10.2. The Labute approximate surface area is 110 Å². The van der Waals surface area contributed by atoms with Crippen molar-refractivity contribution in [1.82, 2.24) is 24.5 Å². The summed E-state index contributed by atoms with van der Waals surface area (Å²) in [5.41, 5.74) is -0.212. The van der Waals surface area contributed by atoms with Crippen molar-refractivity contribution in [2.75, 3.05) is 0 Å². The highest BCUT2D eigenvalue weighted by molar-refractivity contribution is 9.10. The van der Waals surface area contributed by atoms with Crippen molar-refractivity contribution >= 4 is 26.7 Å². The average Bonchev–Trinajstić information content (AvgIpc) is 2.69. The van der Waals surface area contributed by atoms with E-state index < -0.39 is 0 Å². The van der Waals surface area contributed by atoms with Gasteiger partial charge in [0.1, 0.15) is 0 Å². The van der Waals surface area contributed by atoms with Crippen LogP contribution in [-0.2, 0) is 7.05 Å². The summed E-state index contributed by atoms with van der Waals surface area (Å²) in [6.07, 6.45) is 1.64. The largest absolute Gasteiger partial charge is 0.282 e. The van der Waals surface area contributed by atoms with E-state index in [0.717, 1.165) is 5.39 Å². The maximum Gasteiger partial charge on any atom is 0.282 e. The Kier molecular flexibility index (Phi) is 2.48. The normalized spacial score (nSPS) is 11.0. The number of halogens is 1. The average molecular weight is 306 g/mol. The van der Waals surface area contributed by atoms with E-state index in [1.165, 1.54) is 9.36 Å². The van der Waals surface area contributed by atoms with Crippen molar-refractivity contribution < 1.29 is 0 Å². The second kappa shape index (κ2) is 4.02. The number of aromatic nitrogens is 5. The quantitative estimate of drug-likeness (QED) is 0.679. The Morgan fingerprint density at radius 2 is 2.06 bits per heavy atom. The molecule has 90 valence electrons. The van der Waals surface area contributed by atoms with Crippen molar-refractivity contribution in [1.29, 1.82) is 0 Å². The summed E-state index contributed by atoms with van der Waals surface area (Å²) in [5.74, 6) is 0.373. The maximum absolute atomic E-state index is 12.3. The number of aryl methyl sites for hydroxylation is 1. The van der Waals surface area contributed by atoms with E-state index in [-0.39, 0.29) is 5.56 Å². The van der Waals surface area contributed by atoms with Gasteiger partial charge in [-0.3, -0.25) is 4.79 Å². The minimum atomic E-state index is -0.212. The topological polar surface area (TPSA) is 65.6 Å². The number of hydrogen-bond acceptors (Lipinski definition) is 4. The van der Waals surface area contributed by atoms with Crippen molar-refractivity contribution in [3.8, 4) is 5.95 Å². The number of hydrogen-bond donors (Lipinski definition) is 0. The molecule has 0 aliphatic rings. The summed E-state index contributed by atoms with van der Waals surface area (Å²) >= 11 is 3.17. The van der Waals surface area contributed by atoms with Crippen LogP contribution < -0.4 is 5.56 Å². The molecule has 0 aliphatic carbocycles. The van der Waals surface area contributed by atoms with Crippen molar-refractivity contribution in [2.45, 2.75) is 0 Å². The molecule has 0 saturated heterocycles. The van der Waals surface area contributed by atoms with Crippen molar-refractivity contribution in [3.05, 3.63) is 45.5 Å². The van der Waals surface area contributed by atoms with Crippen molar-refractivity contribution in [3.63, 3.8) is 0 Å². The fraction of sp³-hybridized carbons (Fsp3) is 0.0909. The number of fused-ring (bicyclic) bond motifs is 1. The first-order valence-corrected chi connectivity index (χ1v) is 6.00. The van der Waals surface area contributed by atoms with Gasteiger partial charge in [-0.1, -0.05) is 18.2 Å². The standard InChI is InChI=1S/C11H8BrN5O/c1-16-11(14-10(12)15-16)17-9(18)8-5-3-2-4-7(8)6-13-17/h2-6H,1H3. The van der Waals surface area contributed by atoms with Crippen LogP contribution in [0.5, 0.6) is 0 Å². The third-order valence-electron chi connectivity index (χ3n) is 2.60. The zero-order valence-electron chi connectivity index (χ0n) is 9.41. The van der Waals surface area contributed by atoms with Crippen LogP contribution in [0.15, 0.2) is 40.0 Å². The lowest BCUT2D eigenvalue weighted by Gasteiger charge is -2.03. The molecule has 2 heterocycles. The second-order valence-corrected chi connectivity index (χ2v) is 4.46. The van der Waals surface area contributed by atoms with Gasteiger partial charge in [0.15, 0.2) is 0 Å². The van der Waals surface area contributed by atoms with E-state index in [2.05, 4.69) is 31.1 Å². The van der Waals surface area contributed by atoms with E-state index >= 15 is 0 Å². The Bertz CT molecular complexity index is 791. The van der Waals surface area contributed by atoms with Gasteiger partial charge in [0.05, 0.1) is 11.6 Å². The Morgan fingerprint density at radius 3 is 2.78 bits per heavy atom. The van der Waals surface area contributed by atoms with Crippen LogP contribution in [0.1, 0.15) is 0 Å². The molecular weight excluding hydrogens is 298 g/mol. The molecule has 0 saturated carbocycles. The summed E-state index contributed by atoms with van der Waals surface area (Å²) < 4.78 is 3.15. The van der Waals surface area contributed by atoms with Crippen LogP contribution >= 0.6 is 15.9 Å². The molecule has 6 nitrogen and oxygen atoms in total. The number of rotatable bonds is 1. The molecule has 0 N–H and O–H groups in total. The minimum Gasteiger partial charge on any atom is -0.267 e. The summed E-state index contributed by atoms with van der Waals surface area (Å²) in [4.78, 5) is 16.4. The molecule has 0 spiro atoms. The molecule has 7 heteroatoms. The van der Waals surface area contributed by atoms with E-state index in [4.69, 9.17) is 0 Å². The van der Waals surface area contributed by atoms with Crippen LogP contribution in [-0.4, -0.2) is 24.5 Å². The molecule has 18 heavy (non-hydrogen) atoms. The molecule has 0 amide bonds. The van der Waals surface area contributed by atoms with Gasteiger partial charge < -0.3 is 0 Å². The monoisotopic (exact) mass is 305 g/mol. The highest BCUT2D eigenvalue weighted by Gasteiger charge is 2.11. The SMILES string of the molecule is Cn1nc(Br)nc1-n1ncc2ccccc2c1=O. The third-order valence-corrected chi connectivity index (χ3v) is 2.94. The predicted molar refractivity (Wildman–Crippen MR) is 69.6 cm³/mol. The molecule has 3 aromatic rings. The van der Waals surface area contributed by atoms with Gasteiger partial charge in [0, 0.05) is 12.4 Å². The van der Waals surface area contributed by atoms with Crippen LogP contribution in [0.25, 0.3) is 16.7 Å². The summed E-state index contributed by atoms with van der Waals surface area (Å²) in [6.45, 7) is 0. The molecule has 2 aromatic heterocycles. The molecule has 0 aliphatic heterocycles. The Balaban J connectivity index is 2.34. The number of benzene rings is 1. The molecule has 0 fully saturated rings. The van der Waals surface area contributed by atoms with Crippen LogP contribution in [0.3, 0.4) is 0 Å². The first kappa shape index (κ1) is 11.1. The smallest absolute Gasteiger partial charge is 0.267 e. The third kappa shape index (κ3) is 1.63. The molecule has 0 atom stereocenters. The fourth-order valence-corrected chi connectivity index (χ4v) is 2.16. The van der Waals surface area contributed by atoms with Gasteiger partial charge in [0.2, 0.25) is 4.73 Å². The lowest BCUT2D eigenvalue weighted by molar-refractivity contribution is 0.669. The van der Waals surface area contributed by atoms with Gasteiger partial charge >= 0.3 is 0 Å². The highest BCUT2D eigenvalue weighted by atomic mass is 79.9. The Morgan fingerprint density at radius 1 is 1.28 bits per heavy atom. The first-order valence-electron chi connectivity index (χ1n) is 5.21. The van der Waals surface area contributed by atoms with Crippen LogP contribution in [0.2, 0.25) is 0 Å². The fourth-order valence-electron chi connectivity index (χ4n) is 1.76. The van der Waals surface area contributed by atoms with Crippen LogP contribution in [0, 0.1) is 0 Å². The van der Waals surface area contributed by atoms with Gasteiger partial charge in [-0.15, -0.1) is 5.10 Å². The zero-order valence-corrected chi connectivity index (χ0v) is 11.0. The van der Waals surface area contributed by atoms with Crippen molar-refractivity contribution in [2.24, 2.45) is 7.05 Å². The van der Waals surface area contributed by atoms with E-state index in [0.29, 0.717) is 16.1 Å². The number of nitrogens with zero attached hydrogens (tertiary/aromatic N) is 5. The second-order valence-electron chi connectivity index (χ2n) is 3.75. The highest BCUT2D eigenvalue weighted by Crippen LogP contribution is 2.10. The summed E-state index contributed by atoms with van der Waals surface area (Å²) in [5, 5.41) is 9.55. The zero-order chi connectivity index (χ0) is 12.7. The van der Waals surface area contributed by atoms with Gasteiger partial charge in [-0.2, -0.15) is 14.8 Å². The minimum absolute atomic E-state index is 0.212. The molecule has 0 radical (unpaired) electrons. The maximum atomic E-state index is 12.3. The predicted octanol–water partition coefficient (Wildman–Crippen LogP) is 1.28. The molecule has 3 rings (SSSR count). The van der Waals surface area contributed by atoms with E-state index in [9.17, 15) is 4.79 Å². The van der Waals surface area contributed by atoms with Gasteiger partial charge in [0.25, 0.3) is 11.5 Å². The molecule has 1 aromatic carbocycles. The molecular formula is C11H8BrN5O. The van der Waals surface area contributed by atoms with Gasteiger partial charge in [-0.25, -0.2) is 4.68 Å². The van der Waals surface area contributed by atoms with E-state index in [1.54, 1.807) is 19.3 Å². The van der Waals surface area contributed by atoms with Crippen LogP contribution in [0.4, 0.5) is 0 Å².